The molecular weight excluding hydrogens is 493 g/mol. The fraction of sp³-hybridized carbons (Fsp3) is 0.556. The summed E-state index contributed by atoms with van der Waals surface area (Å²) in [6.45, 7) is 6.50. The van der Waals surface area contributed by atoms with Crippen molar-refractivity contribution >= 4 is 47.4 Å². The molecule has 1 atom stereocenters. The summed E-state index contributed by atoms with van der Waals surface area (Å²) in [6, 6.07) is 4.00. The largest absolute Gasteiger partial charge is 0.356 e. The van der Waals surface area contributed by atoms with Crippen LogP contribution in [0.15, 0.2) is 27.8 Å². The Kier molecular flexibility index (Phi) is 8.74. The number of aromatic nitrogens is 3. The Balaban J connectivity index is 0.00000280. The highest BCUT2D eigenvalue weighted by molar-refractivity contribution is 14.0. The van der Waals surface area contributed by atoms with Crippen molar-refractivity contribution in [1.82, 2.24) is 25.8 Å². The summed E-state index contributed by atoms with van der Waals surface area (Å²) in [5.41, 5.74) is 0. The Morgan fingerprint density at radius 1 is 1.46 bits per heavy atom. The van der Waals surface area contributed by atoms with E-state index in [1.54, 1.807) is 13.2 Å². The van der Waals surface area contributed by atoms with Gasteiger partial charge in [-0.1, -0.05) is 30.6 Å². The topological polar surface area (TPSA) is 91.5 Å². The third-order valence-corrected chi connectivity index (χ3v) is 4.72. The molecule has 154 valence electrons. The van der Waals surface area contributed by atoms with Crippen molar-refractivity contribution in [2.24, 2.45) is 4.99 Å². The average molecular weight is 520 g/mol. The first kappa shape index (κ1) is 22.7. The van der Waals surface area contributed by atoms with E-state index in [1.807, 2.05) is 26.0 Å². The number of anilines is 1. The van der Waals surface area contributed by atoms with Gasteiger partial charge < -0.3 is 20.1 Å². The maximum atomic E-state index is 6.25. The van der Waals surface area contributed by atoms with Crippen LogP contribution in [-0.4, -0.2) is 53.8 Å². The summed E-state index contributed by atoms with van der Waals surface area (Å²) in [5, 5.41) is 11.4. The van der Waals surface area contributed by atoms with Crippen molar-refractivity contribution < 1.29 is 4.52 Å². The number of halogens is 2. The van der Waals surface area contributed by atoms with Crippen molar-refractivity contribution in [3.63, 3.8) is 0 Å². The Morgan fingerprint density at radius 2 is 2.29 bits per heavy atom. The normalized spacial score (nSPS) is 17.0. The molecule has 0 aromatic carbocycles. The summed E-state index contributed by atoms with van der Waals surface area (Å²) in [4.78, 5) is 15.3. The lowest BCUT2D eigenvalue weighted by Gasteiger charge is -2.20. The van der Waals surface area contributed by atoms with Gasteiger partial charge >= 0.3 is 0 Å². The Morgan fingerprint density at radius 3 is 2.96 bits per heavy atom. The predicted molar refractivity (Wildman–Crippen MR) is 122 cm³/mol. The lowest BCUT2D eigenvalue weighted by atomic mass is 10.2. The van der Waals surface area contributed by atoms with E-state index in [2.05, 4.69) is 35.7 Å². The van der Waals surface area contributed by atoms with Crippen molar-refractivity contribution in [2.45, 2.75) is 38.6 Å². The van der Waals surface area contributed by atoms with Crippen LogP contribution in [0.1, 0.15) is 37.9 Å². The molecule has 0 saturated carbocycles. The van der Waals surface area contributed by atoms with E-state index in [1.165, 1.54) is 0 Å². The first-order valence-electron chi connectivity index (χ1n) is 9.22. The highest BCUT2D eigenvalue weighted by Crippen LogP contribution is 2.25. The second-order valence-electron chi connectivity index (χ2n) is 6.83. The second-order valence-corrected chi connectivity index (χ2v) is 7.24. The van der Waals surface area contributed by atoms with Crippen molar-refractivity contribution in [2.75, 3.05) is 31.6 Å². The van der Waals surface area contributed by atoms with E-state index >= 15 is 0 Å². The minimum atomic E-state index is 0. The van der Waals surface area contributed by atoms with Gasteiger partial charge in [0.2, 0.25) is 5.89 Å². The monoisotopic (exact) mass is 519 g/mol. The lowest BCUT2D eigenvalue weighted by Crippen LogP contribution is -2.45. The molecule has 2 aromatic rings. The highest BCUT2D eigenvalue weighted by atomic mass is 127. The zero-order valence-electron chi connectivity index (χ0n) is 16.4. The molecule has 0 spiro atoms. The smallest absolute Gasteiger partial charge is 0.228 e. The SMILES string of the molecule is CN=C(NCCc1nc(C(C)C)no1)NC1CCN(c2ncccc2Cl)C1.I. The molecule has 28 heavy (non-hydrogen) atoms. The van der Waals surface area contributed by atoms with Gasteiger partial charge in [0.05, 0.1) is 5.02 Å². The maximum absolute atomic E-state index is 6.25. The zero-order chi connectivity index (χ0) is 19.2. The molecule has 1 unspecified atom stereocenters. The van der Waals surface area contributed by atoms with Crippen molar-refractivity contribution in [3.05, 3.63) is 35.1 Å². The van der Waals surface area contributed by atoms with Gasteiger partial charge in [-0.25, -0.2) is 4.98 Å². The number of nitrogens with zero attached hydrogens (tertiary/aromatic N) is 5. The highest BCUT2D eigenvalue weighted by Gasteiger charge is 2.25. The van der Waals surface area contributed by atoms with Gasteiger partial charge in [-0.05, 0) is 18.6 Å². The van der Waals surface area contributed by atoms with E-state index in [4.69, 9.17) is 16.1 Å². The molecule has 0 aliphatic carbocycles. The van der Waals surface area contributed by atoms with E-state index in [0.29, 0.717) is 23.9 Å². The van der Waals surface area contributed by atoms with Gasteiger partial charge in [0.1, 0.15) is 5.82 Å². The van der Waals surface area contributed by atoms with Gasteiger partial charge in [-0.15, -0.1) is 24.0 Å². The molecule has 2 aromatic heterocycles. The lowest BCUT2D eigenvalue weighted by molar-refractivity contribution is 0.371. The van der Waals surface area contributed by atoms with Crippen LogP contribution in [0.5, 0.6) is 0 Å². The molecule has 1 fully saturated rings. The molecular formula is C18H27ClIN7O. The van der Waals surface area contributed by atoms with Crippen LogP contribution in [0.3, 0.4) is 0 Å². The van der Waals surface area contributed by atoms with Crippen LogP contribution in [0.25, 0.3) is 0 Å². The molecule has 0 amide bonds. The minimum absolute atomic E-state index is 0. The summed E-state index contributed by atoms with van der Waals surface area (Å²) >= 11 is 6.25. The fourth-order valence-corrected chi connectivity index (χ4v) is 3.20. The van der Waals surface area contributed by atoms with Crippen LogP contribution >= 0.6 is 35.6 Å². The first-order chi connectivity index (χ1) is 13.1. The average Bonchev–Trinajstić information content (AvgIpc) is 3.31. The zero-order valence-corrected chi connectivity index (χ0v) is 19.4. The van der Waals surface area contributed by atoms with Crippen LogP contribution in [0.4, 0.5) is 5.82 Å². The molecule has 3 rings (SSSR count). The maximum Gasteiger partial charge on any atom is 0.228 e. The fourth-order valence-electron chi connectivity index (χ4n) is 2.96. The predicted octanol–water partition coefficient (Wildman–Crippen LogP) is 2.85. The molecule has 1 aliphatic heterocycles. The number of rotatable bonds is 6. The van der Waals surface area contributed by atoms with Crippen LogP contribution < -0.4 is 15.5 Å². The Labute approximate surface area is 187 Å². The van der Waals surface area contributed by atoms with E-state index in [-0.39, 0.29) is 35.9 Å². The van der Waals surface area contributed by atoms with Crippen LogP contribution in [-0.2, 0) is 6.42 Å². The summed E-state index contributed by atoms with van der Waals surface area (Å²) < 4.78 is 5.26. The second kappa shape index (κ2) is 10.8. The number of aliphatic imine (C=N–C) groups is 1. The van der Waals surface area contributed by atoms with Crippen molar-refractivity contribution in [3.8, 4) is 0 Å². The molecule has 0 radical (unpaired) electrons. The molecule has 0 bridgehead atoms. The number of pyridine rings is 1. The van der Waals surface area contributed by atoms with Crippen LogP contribution in [0, 0.1) is 0 Å². The quantitative estimate of drug-likeness (QED) is 0.344. The number of guanidine groups is 1. The standard InChI is InChI=1S/C18H26ClN7O.HI/c1-12(2)16-24-15(27-25-16)6-9-22-18(20-3)23-13-7-10-26(11-13)17-14(19)5-4-8-21-17;/h4-5,8,12-13H,6-7,9-11H2,1-3H3,(H2,20,22,23);1H. The number of hydrogen-bond acceptors (Lipinski definition) is 6. The number of nitrogens with one attached hydrogen (secondary N) is 2. The summed E-state index contributed by atoms with van der Waals surface area (Å²) in [5.74, 6) is 3.24. The molecule has 2 N–H and O–H groups in total. The van der Waals surface area contributed by atoms with Gasteiger partial charge in [-0.2, -0.15) is 4.98 Å². The third-order valence-electron chi connectivity index (χ3n) is 4.42. The summed E-state index contributed by atoms with van der Waals surface area (Å²) in [6.07, 6.45) is 3.42. The molecule has 10 heteroatoms. The molecule has 3 heterocycles. The van der Waals surface area contributed by atoms with Crippen molar-refractivity contribution in [1.29, 1.82) is 0 Å². The van der Waals surface area contributed by atoms with Gasteiger partial charge in [-0.3, -0.25) is 4.99 Å². The first-order valence-corrected chi connectivity index (χ1v) is 9.59. The van der Waals surface area contributed by atoms with Gasteiger partial charge in [0.15, 0.2) is 11.8 Å². The van der Waals surface area contributed by atoms with E-state index in [0.717, 1.165) is 37.1 Å². The Bertz CT molecular complexity index is 783. The Hall–Kier alpha value is -1.62. The van der Waals surface area contributed by atoms with Crippen LogP contribution in [0.2, 0.25) is 5.02 Å². The van der Waals surface area contributed by atoms with E-state index < -0.39 is 0 Å². The van der Waals surface area contributed by atoms with Gasteiger partial charge in [0, 0.05) is 51.3 Å². The number of hydrogen-bond donors (Lipinski definition) is 2. The minimum Gasteiger partial charge on any atom is -0.356 e. The van der Waals surface area contributed by atoms with Gasteiger partial charge in [0.25, 0.3) is 0 Å². The summed E-state index contributed by atoms with van der Waals surface area (Å²) in [7, 11) is 1.77. The molecule has 1 saturated heterocycles. The third kappa shape index (κ3) is 5.94. The molecule has 8 nitrogen and oxygen atoms in total. The van der Waals surface area contributed by atoms with E-state index in [9.17, 15) is 0 Å². The molecule has 1 aliphatic rings.